The molecule has 1 aromatic carbocycles. The standard InChI is InChI=1S/C14H20BrNO3/c1-18-14-11(15)6-9(12(16)8-17)7-13(14)19-10-4-2-3-5-10/h6-7,10,12,17H,2-5,8,16H2,1H3. The molecule has 1 saturated carbocycles. The Morgan fingerprint density at radius 3 is 2.68 bits per heavy atom. The smallest absolute Gasteiger partial charge is 0.174 e. The Bertz CT molecular complexity index is 433. The van der Waals surface area contributed by atoms with Gasteiger partial charge in [0.05, 0.1) is 30.3 Å². The predicted octanol–water partition coefficient (Wildman–Crippen LogP) is 2.77. The molecule has 0 bridgehead atoms. The molecule has 0 aromatic heterocycles. The molecule has 1 aliphatic rings. The van der Waals surface area contributed by atoms with Gasteiger partial charge in [0.1, 0.15) is 0 Å². The molecule has 3 N–H and O–H groups in total. The van der Waals surface area contributed by atoms with Gasteiger partial charge in [0.15, 0.2) is 11.5 Å². The zero-order valence-corrected chi connectivity index (χ0v) is 12.6. The van der Waals surface area contributed by atoms with Gasteiger partial charge in [-0.3, -0.25) is 0 Å². The topological polar surface area (TPSA) is 64.7 Å². The molecule has 0 radical (unpaired) electrons. The summed E-state index contributed by atoms with van der Waals surface area (Å²) in [6.45, 7) is -0.0956. The first-order chi connectivity index (χ1) is 9.15. The van der Waals surface area contributed by atoms with E-state index in [0.717, 1.165) is 22.9 Å². The monoisotopic (exact) mass is 329 g/mol. The maximum absolute atomic E-state index is 9.17. The van der Waals surface area contributed by atoms with Crippen LogP contribution in [0.3, 0.4) is 0 Å². The molecule has 0 saturated heterocycles. The Morgan fingerprint density at radius 2 is 2.11 bits per heavy atom. The predicted molar refractivity (Wildman–Crippen MR) is 77.6 cm³/mol. The number of aliphatic hydroxyl groups is 1. The molecule has 0 heterocycles. The molecule has 106 valence electrons. The van der Waals surface area contributed by atoms with Gasteiger partial charge in [-0.15, -0.1) is 0 Å². The molecule has 5 heteroatoms. The van der Waals surface area contributed by atoms with E-state index in [-0.39, 0.29) is 12.7 Å². The Labute approximate surface area is 122 Å². The number of benzene rings is 1. The van der Waals surface area contributed by atoms with Crippen molar-refractivity contribution < 1.29 is 14.6 Å². The maximum atomic E-state index is 9.17. The fourth-order valence-corrected chi connectivity index (χ4v) is 3.00. The van der Waals surface area contributed by atoms with Gasteiger partial charge in [-0.25, -0.2) is 0 Å². The molecule has 0 aliphatic heterocycles. The van der Waals surface area contributed by atoms with Crippen LogP contribution in [0.1, 0.15) is 37.3 Å². The molecule has 19 heavy (non-hydrogen) atoms. The summed E-state index contributed by atoms with van der Waals surface area (Å²) in [5, 5.41) is 9.17. The minimum Gasteiger partial charge on any atom is -0.492 e. The highest BCUT2D eigenvalue weighted by atomic mass is 79.9. The van der Waals surface area contributed by atoms with Crippen LogP contribution in [0.5, 0.6) is 11.5 Å². The van der Waals surface area contributed by atoms with Crippen molar-refractivity contribution in [1.29, 1.82) is 0 Å². The van der Waals surface area contributed by atoms with Crippen molar-refractivity contribution in [2.24, 2.45) is 5.73 Å². The van der Waals surface area contributed by atoms with Crippen molar-refractivity contribution >= 4 is 15.9 Å². The summed E-state index contributed by atoms with van der Waals surface area (Å²) < 4.78 is 12.2. The SMILES string of the molecule is COc1c(Br)cc(C(N)CO)cc1OC1CCCC1. The van der Waals surface area contributed by atoms with Crippen LogP contribution in [0.25, 0.3) is 0 Å². The van der Waals surface area contributed by atoms with Crippen LogP contribution < -0.4 is 15.2 Å². The van der Waals surface area contributed by atoms with E-state index in [4.69, 9.17) is 20.3 Å². The van der Waals surface area contributed by atoms with Crippen molar-refractivity contribution in [3.63, 3.8) is 0 Å². The van der Waals surface area contributed by atoms with Crippen LogP contribution in [0.2, 0.25) is 0 Å². The maximum Gasteiger partial charge on any atom is 0.174 e. The van der Waals surface area contributed by atoms with E-state index in [1.165, 1.54) is 12.8 Å². The molecule has 0 spiro atoms. The first-order valence-corrected chi connectivity index (χ1v) is 7.35. The molecular formula is C14H20BrNO3. The van der Waals surface area contributed by atoms with Crippen LogP contribution in [0.4, 0.5) is 0 Å². The van der Waals surface area contributed by atoms with Gasteiger partial charge in [-0.05, 0) is 59.3 Å². The summed E-state index contributed by atoms with van der Waals surface area (Å²) in [6.07, 6.45) is 4.84. The Hall–Kier alpha value is -0.780. The lowest BCUT2D eigenvalue weighted by Gasteiger charge is -2.19. The zero-order valence-electron chi connectivity index (χ0n) is 11.1. The van der Waals surface area contributed by atoms with Gasteiger partial charge in [-0.1, -0.05) is 0 Å². The van der Waals surface area contributed by atoms with Crippen LogP contribution in [0, 0.1) is 0 Å². The Morgan fingerprint density at radius 1 is 1.42 bits per heavy atom. The number of ether oxygens (including phenoxy) is 2. The highest BCUT2D eigenvalue weighted by molar-refractivity contribution is 9.10. The molecule has 2 rings (SSSR count). The Kier molecular flexibility index (Phi) is 5.07. The van der Waals surface area contributed by atoms with Gasteiger partial charge in [0.2, 0.25) is 0 Å². The minimum atomic E-state index is -0.409. The first-order valence-electron chi connectivity index (χ1n) is 6.56. The summed E-state index contributed by atoms with van der Waals surface area (Å²) in [4.78, 5) is 0. The van der Waals surface area contributed by atoms with E-state index < -0.39 is 6.04 Å². The van der Waals surface area contributed by atoms with Gasteiger partial charge in [-0.2, -0.15) is 0 Å². The van der Waals surface area contributed by atoms with E-state index in [9.17, 15) is 0 Å². The van der Waals surface area contributed by atoms with E-state index in [1.54, 1.807) is 7.11 Å². The molecule has 0 amide bonds. The first kappa shape index (κ1) is 14.6. The third kappa shape index (κ3) is 3.41. The number of halogens is 1. The molecule has 1 unspecified atom stereocenters. The van der Waals surface area contributed by atoms with Gasteiger partial charge in [0, 0.05) is 0 Å². The summed E-state index contributed by atoms with van der Waals surface area (Å²) in [6, 6.07) is 3.32. The van der Waals surface area contributed by atoms with E-state index in [0.29, 0.717) is 11.5 Å². The summed E-state index contributed by atoms with van der Waals surface area (Å²) in [5.41, 5.74) is 6.70. The second-order valence-electron chi connectivity index (χ2n) is 4.85. The fraction of sp³-hybridized carbons (Fsp3) is 0.571. The van der Waals surface area contributed by atoms with Crippen molar-refractivity contribution in [3.05, 3.63) is 22.2 Å². The lowest BCUT2D eigenvalue weighted by molar-refractivity contribution is 0.199. The quantitative estimate of drug-likeness (QED) is 0.871. The molecule has 1 fully saturated rings. The van der Waals surface area contributed by atoms with E-state index in [1.807, 2.05) is 12.1 Å². The lowest BCUT2D eigenvalue weighted by Crippen LogP contribution is -2.16. The number of hydrogen-bond acceptors (Lipinski definition) is 4. The summed E-state index contributed by atoms with van der Waals surface area (Å²) in [5.74, 6) is 1.38. The molecule has 1 aliphatic carbocycles. The number of rotatable bonds is 5. The number of hydrogen-bond donors (Lipinski definition) is 2. The van der Waals surface area contributed by atoms with Crippen molar-refractivity contribution in [2.45, 2.75) is 37.8 Å². The van der Waals surface area contributed by atoms with Crippen molar-refractivity contribution in [3.8, 4) is 11.5 Å². The van der Waals surface area contributed by atoms with Gasteiger partial charge < -0.3 is 20.3 Å². The highest BCUT2D eigenvalue weighted by Crippen LogP contribution is 2.39. The second kappa shape index (κ2) is 6.59. The third-order valence-corrected chi connectivity index (χ3v) is 4.05. The molecular weight excluding hydrogens is 310 g/mol. The lowest BCUT2D eigenvalue weighted by atomic mass is 10.1. The fourth-order valence-electron chi connectivity index (χ4n) is 2.38. The van der Waals surface area contributed by atoms with Crippen LogP contribution in [-0.2, 0) is 0 Å². The van der Waals surface area contributed by atoms with E-state index >= 15 is 0 Å². The zero-order chi connectivity index (χ0) is 13.8. The van der Waals surface area contributed by atoms with Crippen molar-refractivity contribution in [2.75, 3.05) is 13.7 Å². The Balaban J connectivity index is 2.29. The normalized spacial score (nSPS) is 17.5. The van der Waals surface area contributed by atoms with Crippen LogP contribution in [0.15, 0.2) is 16.6 Å². The molecule has 1 aromatic rings. The summed E-state index contributed by atoms with van der Waals surface area (Å²) in [7, 11) is 1.62. The number of aliphatic hydroxyl groups excluding tert-OH is 1. The van der Waals surface area contributed by atoms with E-state index in [2.05, 4.69) is 15.9 Å². The average molecular weight is 330 g/mol. The van der Waals surface area contributed by atoms with Gasteiger partial charge >= 0.3 is 0 Å². The van der Waals surface area contributed by atoms with Crippen LogP contribution >= 0.6 is 15.9 Å². The van der Waals surface area contributed by atoms with Gasteiger partial charge in [0.25, 0.3) is 0 Å². The number of methoxy groups -OCH3 is 1. The molecule has 4 nitrogen and oxygen atoms in total. The minimum absolute atomic E-state index is 0.0956. The molecule has 1 atom stereocenters. The third-order valence-electron chi connectivity index (χ3n) is 3.46. The number of nitrogens with two attached hydrogens (primary N) is 1. The average Bonchev–Trinajstić information content (AvgIpc) is 2.90. The van der Waals surface area contributed by atoms with Crippen LogP contribution in [-0.4, -0.2) is 24.9 Å². The van der Waals surface area contributed by atoms with Crippen molar-refractivity contribution in [1.82, 2.24) is 0 Å². The largest absolute Gasteiger partial charge is 0.492 e. The second-order valence-corrected chi connectivity index (χ2v) is 5.70. The highest BCUT2D eigenvalue weighted by Gasteiger charge is 2.21. The summed E-state index contributed by atoms with van der Waals surface area (Å²) >= 11 is 3.46.